The summed E-state index contributed by atoms with van der Waals surface area (Å²) >= 11 is 0. The van der Waals surface area contributed by atoms with Crippen molar-refractivity contribution >= 4 is 33.7 Å². The number of amides is 1. The van der Waals surface area contributed by atoms with E-state index in [0.29, 0.717) is 22.9 Å². The summed E-state index contributed by atoms with van der Waals surface area (Å²) in [6.07, 6.45) is 8.54. The van der Waals surface area contributed by atoms with Crippen molar-refractivity contribution < 1.29 is 4.79 Å². The number of aromatic nitrogens is 7. The molecule has 10 heteroatoms. The van der Waals surface area contributed by atoms with E-state index in [-0.39, 0.29) is 11.8 Å². The molecule has 0 unspecified atom stereocenters. The quantitative estimate of drug-likeness (QED) is 0.184. The summed E-state index contributed by atoms with van der Waals surface area (Å²) in [6, 6.07) is 13.7. The number of imidazole rings is 1. The summed E-state index contributed by atoms with van der Waals surface area (Å²) in [5.74, 6) is 6.25. The predicted molar refractivity (Wildman–Crippen MR) is 142 cm³/mol. The fourth-order valence-corrected chi connectivity index (χ4v) is 4.27. The van der Waals surface area contributed by atoms with Gasteiger partial charge in [-0.3, -0.25) is 19.9 Å². The molecule has 5 heterocycles. The molecule has 0 atom stereocenters. The Balaban J connectivity index is 1.42. The number of H-pyrrole nitrogens is 2. The monoisotopic (exact) mass is 489 g/mol. The van der Waals surface area contributed by atoms with E-state index >= 15 is 0 Å². The fraction of sp³-hybridized carbons (Fsp3) is 0.111. The third-order valence-corrected chi connectivity index (χ3v) is 6.21. The van der Waals surface area contributed by atoms with Crippen molar-refractivity contribution in [1.82, 2.24) is 35.1 Å². The van der Waals surface area contributed by atoms with E-state index in [1.165, 1.54) is 0 Å². The molecule has 0 aliphatic carbocycles. The Morgan fingerprint density at radius 2 is 1.78 bits per heavy atom. The van der Waals surface area contributed by atoms with Gasteiger partial charge in [-0.25, -0.2) is 20.8 Å². The average Bonchev–Trinajstić information content (AvgIpc) is 3.56. The Labute approximate surface area is 211 Å². The van der Waals surface area contributed by atoms with Crippen molar-refractivity contribution in [1.29, 1.82) is 0 Å². The Hall–Kier alpha value is -4.96. The van der Waals surface area contributed by atoms with Crippen molar-refractivity contribution in [3.8, 4) is 33.8 Å². The van der Waals surface area contributed by atoms with Gasteiger partial charge < -0.3 is 4.98 Å². The van der Waals surface area contributed by atoms with Crippen LogP contribution in [0.4, 0.5) is 5.69 Å². The maximum absolute atomic E-state index is 12.4. The van der Waals surface area contributed by atoms with Crippen LogP contribution in [0.2, 0.25) is 0 Å². The van der Waals surface area contributed by atoms with Gasteiger partial charge in [0.1, 0.15) is 5.69 Å². The molecule has 6 rings (SSSR count). The van der Waals surface area contributed by atoms with Crippen molar-refractivity contribution in [2.45, 2.75) is 13.8 Å². The number of aromatic amines is 2. The van der Waals surface area contributed by atoms with Crippen molar-refractivity contribution in [3.05, 3.63) is 73.4 Å². The minimum absolute atomic E-state index is 0.194. The minimum Gasteiger partial charge on any atom is -0.337 e. The molecule has 1 aromatic carbocycles. The van der Waals surface area contributed by atoms with Crippen LogP contribution in [0.1, 0.15) is 13.8 Å². The minimum atomic E-state index is -0.233. The number of nitrogens with one attached hydrogen (secondary N) is 2. The van der Waals surface area contributed by atoms with Gasteiger partial charge >= 0.3 is 0 Å². The number of hydrazine groups is 1. The van der Waals surface area contributed by atoms with Crippen LogP contribution in [0, 0.1) is 5.92 Å². The molecule has 0 saturated heterocycles. The van der Waals surface area contributed by atoms with Gasteiger partial charge in [0.05, 0.1) is 28.3 Å². The molecule has 0 bridgehead atoms. The fourth-order valence-electron chi connectivity index (χ4n) is 4.27. The van der Waals surface area contributed by atoms with Gasteiger partial charge in [0.15, 0.2) is 11.5 Å². The highest BCUT2D eigenvalue weighted by molar-refractivity contribution is 5.97. The van der Waals surface area contributed by atoms with Crippen molar-refractivity contribution in [2.75, 3.05) is 5.01 Å². The average molecular weight is 490 g/mol. The zero-order valence-corrected chi connectivity index (χ0v) is 20.2. The topological polar surface area (TPSA) is 142 Å². The van der Waals surface area contributed by atoms with Gasteiger partial charge in [0.2, 0.25) is 5.91 Å². The number of hydrogen-bond acceptors (Lipinski definition) is 7. The lowest BCUT2D eigenvalue weighted by Gasteiger charge is -2.19. The molecule has 0 aliphatic heterocycles. The second-order valence-electron chi connectivity index (χ2n) is 9.01. The molecule has 5 aromatic heterocycles. The first-order valence-electron chi connectivity index (χ1n) is 11.8. The van der Waals surface area contributed by atoms with E-state index in [1.54, 1.807) is 44.8 Å². The molecule has 10 nitrogen and oxygen atoms in total. The van der Waals surface area contributed by atoms with Gasteiger partial charge in [0.25, 0.3) is 0 Å². The van der Waals surface area contributed by atoms with E-state index in [2.05, 4.69) is 30.1 Å². The Morgan fingerprint density at radius 1 is 0.973 bits per heavy atom. The lowest BCUT2D eigenvalue weighted by atomic mass is 10.1. The molecule has 4 N–H and O–H groups in total. The standard InChI is InChI=1S/C27H23N9O/c1-15(2)27(37)36(28)19-10-17(12-30-14-19)18-11-21-24(34-35-25(21)31-13-18)26-32-22-5-3-4-20(23(22)33-26)16-6-8-29-9-7-16/h3-15H,28H2,1-2H3,(H,32,33)(H,31,34,35). The van der Waals surface area contributed by atoms with Crippen LogP contribution in [0.15, 0.2) is 73.4 Å². The molecular weight excluding hydrogens is 466 g/mol. The number of benzene rings is 1. The smallest absolute Gasteiger partial charge is 0.243 e. The van der Waals surface area contributed by atoms with Crippen LogP contribution < -0.4 is 10.9 Å². The largest absolute Gasteiger partial charge is 0.337 e. The van der Waals surface area contributed by atoms with Gasteiger partial charge in [-0.1, -0.05) is 26.0 Å². The molecule has 37 heavy (non-hydrogen) atoms. The number of nitrogens with two attached hydrogens (primary N) is 1. The van der Waals surface area contributed by atoms with E-state index in [1.807, 2.05) is 42.5 Å². The van der Waals surface area contributed by atoms with E-state index < -0.39 is 0 Å². The van der Waals surface area contributed by atoms with Crippen molar-refractivity contribution in [3.63, 3.8) is 0 Å². The van der Waals surface area contributed by atoms with Crippen LogP contribution in [-0.4, -0.2) is 41.0 Å². The zero-order valence-electron chi connectivity index (χ0n) is 20.2. The normalized spacial score (nSPS) is 11.5. The zero-order chi connectivity index (χ0) is 25.5. The van der Waals surface area contributed by atoms with Gasteiger partial charge in [-0.2, -0.15) is 5.10 Å². The first-order chi connectivity index (χ1) is 18.0. The molecular formula is C27H23N9O. The highest BCUT2D eigenvalue weighted by Gasteiger charge is 2.18. The molecule has 0 aliphatic rings. The second-order valence-corrected chi connectivity index (χ2v) is 9.01. The lowest BCUT2D eigenvalue weighted by molar-refractivity contribution is -0.121. The van der Waals surface area contributed by atoms with E-state index in [0.717, 1.165) is 43.7 Å². The van der Waals surface area contributed by atoms with Gasteiger partial charge in [0, 0.05) is 47.4 Å². The molecule has 0 saturated carbocycles. The maximum atomic E-state index is 12.4. The number of nitrogens with zero attached hydrogens (tertiary/aromatic N) is 6. The second kappa shape index (κ2) is 8.92. The summed E-state index contributed by atoms with van der Waals surface area (Å²) < 4.78 is 0. The SMILES string of the molecule is CC(C)C(=O)N(N)c1cncc(-c2cnc3[nH]nc(-c4nc5c(-c6ccncc6)cccc5[nH]4)c3c2)c1. The summed E-state index contributed by atoms with van der Waals surface area (Å²) in [4.78, 5) is 33.6. The molecule has 0 radical (unpaired) electrons. The summed E-state index contributed by atoms with van der Waals surface area (Å²) in [6.45, 7) is 3.60. The highest BCUT2D eigenvalue weighted by atomic mass is 16.2. The summed E-state index contributed by atoms with van der Waals surface area (Å²) in [7, 11) is 0. The molecule has 0 fully saturated rings. The number of pyridine rings is 3. The number of hydrogen-bond donors (Lipinski definition) is 3. The number of carbonyl (C=O) groups excluding carboxylic acids is 1. The molecule has 1 amide bonds. The van der Waals surface area contributed by atoms with Crippen LogP contribution in [0.3, 0.4) is 0 Å². The first kappa shape index (κ1) is 22.5. The van der Waals surface area contributed by atoms with Gasteiger partial charge in [-0.05, 0) is 35.9 Å². The third-order valence-electron chi connectivity index (χ3n) is 6.21. The van der Waals surface area contributed by atoms with E-state index in [9.17, 15) is 4.79 Å². The number of rotatable bonds is 5. The summed E-state index contributed by atoms with van der Waals surface area (Å²) in [5, 5.41) is 9.43. The summed E-state index contributed by atoms with van der Waals surface area (Å²) in [5.41, 5.74) is 7.16. The predicted octanol–water partition coefficient (Wildman–Crippen LogP) is 4.49. The molecule has 182 valence electrons. The maximum Gasteiger partial charge on any atom is 0.243 e. The van der Waals surface area contributed by atoms with Crippen LogP contribution in [0.25, 0.3) is 55.8 Å². The van der Waals surface area contributed by atoms with E-state index in [4.69, 9.17) is 10.8 Å². The Kier molecular flexibility index (Phi) is 5.42. The van der Waals surface area contributed by atoms with Crippen LogP contribution >= 0.6 is 0 Å². The lowest BCUT2D eigenvalue weighted by Crippen LogP contribution is -2.40. The third kappa shape index (κ3) is 3.99. The Bertz CT molecular complexity index is 1750. The van der Waals surface area contributed by atoms with Gasteiger partial charge in [-0.15, -0.1) is 0 Å². The number of carbonyl (C=O) groups is 1. The highest BCUT2D eigenvalue weighted by Crippen LogP contribution is 2.32. The Morgan fingerprint density at radius 3 is 2.59 bits per heavy atom. The molecule has 0 spiro atoms. The van der Waals surface area contributed by atoms with Crippen LogP contribution in [0.5, 0.6) is 0 Å². The number of para-hydroxylation sites is 1. The van der Waals surface area contributed by atoms with Crippen LogP contribution in [-0.2, 0) is 4.79 Å². The number of fused-ring (bicyclic) bond motifs is 2. The number of anilines is 1. The molecule has 6 aromatic rings. The van der Waals surface area contributed by atoms with Crippen molar-refractivity contribution in [2.24, 2.45) is 11.8 Å². The first-order valence-corrected chi connectivity index (χ1v) is 11.8.